The normalized spacial score (nSPS) is 15.7. The molecule has 0 saturated carbocycles. The van der Waals surface area contributed by atoms with Crippen molar-refractivity contribution in [2.75, 3.05) is 0 Å². The van der Waals surface area contributed by atoms with Gasteiger partial charge < -0.3 is 0 Å². The highest BCUT2D eigenvalue weighted by Crippen LogP contribution is 2.13. The molecule has 13 heavy (non-hydrogen) atoms. The minimum Gasteiger partial charge on any atom is -0.272 e. The third-order valence-electron chi connectivity index (χ3n) is 1.80. The van der Waals surface area contributed by atoms with E-state index >= 15 is 0 Å². The van der Waals surface area contributed by atoms with Gasteiger partial charge in [0.05, 0.1) is 5.69 Å². The molecule has 0 N–H and O–H groups in total. The molecule has 1 aliphatic rings. The highest BCUT2D eigenvalue weighted by atomic mass is 16.1. The molecular weight excluding hydrogens is 164 g/mol. The van der Waals surface area contributed by atoms with Crippen LogP contribution in [0, 0.1) is 0 Å². The van der Waals surface area contributed by atoms with E-state index in [1.54, 1.807) is 12.4 Å². The van der Waals surface area contributed by atoms with Crippen molar-refractivity contribution in [2.24, 2.45) is 4.99 Å². The molecule has 3 nitrogen and oxygen atoms in total. The van der Waals surface area contributed by atoms with E-state index in [4.69, 9.17) is 0 Å². The number of rotatable bonds is 1. The summed E-state index contributed by atoms with van der Waals surface area (Å²) in [5, 5.41) is 0. The van der Waals surface area contributed by atoms with Crippen LogP contribution in [0.2, 0.25) is 0 Å². The summed E-state index contributed by atoms with van der Waals surface area (Å²) in [6.07, 6.45) is 5.51. The lowest BCUT2D eigenvalue weighted by Gasteiger charge is -2.03. The lowest BCUT2D eigenvalue weighted by atomic mass is 10.1. The molecule has 64 valence electrons. The van der Waals surface area contributed by atoms with Gasteiger partial charge in [-0.15, -0.1) is 0 Å². The van der Waals surface area contributed by atoms with Crippen molar-refractivity contribution >= 4 is 17.7 Å². The smallest absolute Gasteiger partial charge is 0.249 e. The largest absolute Gasteiger partial charge is 0.272 e. The van der Waals surface area contributed by atoms with Crippen molar-refractivity contribution in [3.63, 3.8) is 0 Å². The second kappa shape index (κ2) is 3.31. The Morgan fingerprint density at radius 2 is 2.23 bits per heavy atom. The summed E-state index contributed by atoms with van der Waals surface area (Å²) in [6.45, 7) is 0. The van der Waals surface area contributed by atoms with Crippen molar-refractivity contribution in [3.05, 3.63) is 36.2 Å². The zero-order valence-electron chi connectivity index (χ0n) is 6.97. The molecule has 0 unspecified atom stereocenters. The fourth-order valence-electron chi connectivity index (χ4n) is 1.15. The first-order valence-corrected chi connectivity index (χ1v) is 4.05. The summed E-state index contributed by atoms with van der Waals surface area (Å²) >= 11 is 0. The predicted octanol–water partition coefficient (Wildman–Crippen LogP) is 1.47. The SMILES string of the molecule is O=C1CC=C(c2ccccn2)C=N1. The Balaban J connectivity index is 2.30. The summed E-state index contributed by atoms with van der Waals surface area (Å²) in [5.74, 6) is -0.0975. The van der Waals surface area contributed by atoms with Gasteiger partial charge in [0.15, 0.2) is 0 Å². The van der Waals surface area contributed by atoms with Gasteiger partial charge in [-0.25, -0.2) is 4.99 Å². The van der Waals surface area contributed by atoms with Crippen LogP contribution in [0.4, 0.5) is 0 Å². The first-order valence-electron chi connectivity index (χ1n) is 4.05. The number of nitrogens with zero attached hydrogens (tertiary/aromatic N) is 2. The fourth-order valence-corrected chi connectivity index (χ4v) is 1.15. The maximum atomic E-state index is 10.8. The number of hydrogen-bond acceptors (Lipinski definition) is 2. The second-order valence-electron chi connectivity index (χ2n) is 2.73. The molecule has 1 aliphatic heterocycles. The molecule has 0 bridgehead atoms. The Labute approximate surface area is 75.8 Å². The number of dihydropyridines is 1. The second-order valence-corrected chi connectivity index (χ2v) is 2.73. The van der Waals surface area contributed by atoms with Crippen LogP contribution in [0.3, 0.4) is 0 Å². The molecule has 0 saturated heterocycles. The van der Waals surface area contributed by atoms with E-state index in [-0.39, 0.29) is 5.91 Å². The van der Waals surface area contributed by atoms with Gasteiger partial charge in [-0.2, -0.15) is 0 Å². The summed E-state index contributed by atoms with van der Waals surface area (Å²) < 4.78 is 0. The maximum absolute atomic E-state index is 10.8. The van der Waals surface area contributed by atoms with Crippen molar-refractivity contribution in [3.8, 4) is 0 Å². The number of carbonyl (C=O) groups is 1. The minimum atomic E-state index is -0.0975. The molecule has 0 atom stereocenters. The Hall–Kier alpha value is -1.77. The molecule has 0 fully saturated rings. The first-order chi connectivity index (χ1) is 6.36. The van der Waals surface area contributed by atoms with Crippen molar-refractivity contribution in [2.45, 2.75) is 6.42 Å². The lowest BCUT2D eigenvalue weighted by molar-refractivity contribution is -0.117. The highest BCUT2D eigenvalue weighted by molar-refractivity contribution is 6.15. The zero-order chi connectivity index (χ0) is 9.10. The van der Waals surface area contributed by atoms with Crippen LogP contribution >= 0.6 is 0 Å². The van der Waals surface area contributed by atoms with Crippen LogP contribution < -0.4 is 0 Å². The van der Waals surface area contributed by atoms with Gasteiger partial charge in [0.25, 0.3) is 0 Å². The Morgan fingerprint density at radius 3 is 2.85 bits per heavy atom. The van der Waals surface area contributed by atoms with Gasteiger partial charge in [0.1, 0.15) is 0 Å². The van der Waals surface area contributed by atoms with Crippen LogP contribution in [0.25, 0.3) is 5.57 Å². The topological polar surface area (TPSA) is 42.3 Å². The quantitative estimate of drug-likeness (QED) is 0.643. The van der Waals surface area contributed by atoms with Gasteiger partial charge in [-0.3, -0.25) is 9.78 Å². The monoisotopic (exact) mass is 172 g/mol. The summed E-state index contributed by atoms with van der Waals surface area (Å²) in [4.78, 5) is 18.6. The lowest BCUT2D eigenvalue weighted by Crippen LogP contribution is -2.00. The Morgan fingerprint density at radius 1 is 1.31 bits per heavy atom. The maximum Gasteiger partial charge on any atom is 0.249 e. The van der Waals surface area contributed by atoms with E-state index in [1.165, 1.54) is 0 Å². The molecule has 3 heteroatoms. The van der Waals surface area contributed by atoms with Crippen molar-refractivity contribution < 1.29 is 4.79 Å². The number of amides is 1. The zero-order valence-corrected chi connectivity index (χ0v) is 6.97. The van der Waals surface area contributed by atoms with Gasteiger partial charge in [0, 0.05) is 24.4 Å². The predicted molar refractivity (Wildman–Crippen MR) is 50.3 cm³/mol. The van der Waals surface area contributed by atoms with Gasteiger partial charge in [-0.1, -0.05) is 12.1 Å². The van der Waals surface area contributed by atoms with Gasteiger partial charge in [0.2, 0.25) is 5.91 Å². The summed E-state index contributed by atoms with van der Waals surface area (Å²) in [7, 11) is 0. The fraction of sp³-hybridized carbons (Fsp3) is 0.100. The molecule has 0 aromatic carbocycles. The Kier molecular flexibility index (Phi) is 2.00. The number of hydrogen-bond donors (Lipinski definition) is 0. The third-order valence-corrected chi connectivity index (χ3v) is 1.80. The number of aliphatic imine (C=N–C) groups is 1. The molecule has 0 radical (unpaired) electrons. The molecule has 2 heterocycles. The van der Waals surface area contributed by atoms with E-state index < -0.39 is 0 Å². The van der Waals surface area contributed by atoms with E-state index in [2.05, 4.69) is 9.98 Å². The summed E-state index contributed by atoms with van der Waals surface area (Å²) in [5.41, 5.74) is 1.78. The Bertz CT molecular complexity index is 379. The van der Waals surface area contributed by atoms with E-state index in [0.29, 0.717) is 6.42 Å². The first kappa shape index (κ1) is 7.86. The van der Waals surface area contributed by atoms with Gasteiger partial charge >= 0.3 is 0 Å². The molecule has 1 amide bonds. The minimum absolute atomic E-state index is 0.0975. The van der Waals surface area contributed by atoms with E-state index in [1.807, 2.05) is 24.3 Å². The average molecular weight is 172 g/mol. The van der Waals surface area contributed by atoms with Crippen LogP contribution in [0.1, 0.15) is 12.1 Å². The molecule has 0 spiro atoms. The average Bonchev–Trinajstić information content (AvgIpc) is 2.20. The van der Waals surface area contributed by atoms with Gasteiger partial charge in [-0.05, 0) is 12.1 Å². The molecular formula is C10H8N2O. The standard InChI is InChI=1S/C10H8N2O/c13-10-5-4-8(7-12-10)9-3-1-2-6-11-9/h1-4,6-7H,5H2. The molecule has 1 aromatic heterocycles. The van der Waals surface area contributed by atoms with Crippen molar-refractivity contribution in [1.29, 1.82) is 0 Å². The third kappa shape index (κ3) is 1.69. The van der Waals surface area contributed by atoms with Crippen LogP contribution in [-0.4, -0.2) is 17.1 Å². The summed E-state index contributed by atoms with van der Waals surface area (Å²) in [6, 6.07) is 5.66. The highest BCUT2D eigenvalue weighted by Gasteiger charge is 2.06. The number of pyridine rings is 1. The number of carbonyl (C=O) groups excluding carboxylic acids is 1. The van der Waals surface area contributed by atoms with Crippen LogP contribution in [0.15, 0.2) is 35.5 Å². The molecule has 1 aromatic rings. The number of aromatic nitrogens is 1. The van der Waals surface area contributed by atoms with Crippen LogP contribution in [0.5, 0.6) is 0 Å². The molecule has 2 rings (SSSR count). The number of allylic oxidation sites excluding steroid dienone is 1. The van der Waals surface area contributed by atoms with E-state index in [0.717, 1.165) is 11.3 Å². The van der Waals surface area contributed by atoms with Crippen LogP contribution in [-0.2, 0) is 4.79 Å². The molecule has 0 aliphatic carbocycles. The van der Waals surface area contributed by atoms with E-state index in [9.17, 15) is 4.79 Å². The van der Waals surface area contributed by atoms with Crippen molar-refractivity contribution in [1.82, 2.24) is 4.98 Å².